The van der Waals surface area contributed by atoms with Crippen LogP contribution in [0.5, 0.6) is 0 Å². The molecule has 1 saturated carbocycles. The van der Waals surface area contributed by atoms with Crippen LogP contribution in [0.3, 0.4) is 0 Å². The average molecular weight is 252 g/mol. The van der Waals surface area contributed by atoms with Crippen molar-refractivity contribution in [1.29, 1.82) is 0 Å². The van der Waals surface area contributed by atoms with E-state index in [0.29, 0.717) is 18.6 Å². The van der Waals surface area contributed by atoms with Crippen LogP contribution >= 0.6 is 0 Å². The predicted molar refractivity (Wildman–Crippen MR) is 71.1 cm³/mol. The van der Waals surface area contributed by atoms with Gasteiger partial charge in [-0.15, -0.1) is 0 Å². The maximum atomic E-state index is 11.8. The third kappa shape index (κ3) is 4.63. The van der Waals surface area contributed by atoms with E-state index in [4.69, 9.17) is 4.74 Å². The molecule has 1 fully saturated rings. The Kier molecular flexibility index (Phi) is 6.10. The summed E-state index contributed by atoms with van der Waals surface area (Å²) in [7, 11) is 0. The number of ether oxygens (including phenoxy) is 1. The van der Waals surface area contributed by atoms with Crippen LogP contribution in [0.4, 0.5) is 0 Å². The first-order chi connectivity index (χ1) is 8.54. The molecule has 0 amide bonds. The van der Waals surface area contributed by atoms with Crippen LogP contribution in [0, 0.1) is 11.8 Å². The maximum Gasteiger partial charge on any atom is 0.306 e. The van der Waals surface area contributed by atoms with Gasteiger partial charge in [0, 0.05) is 18.8 Å². The van der Waals surface area contributed by atoms with Crippen LogP contribution < -0.4 is 0 Å². The quantitative estimate of drug-likeness (QED) is 0.538. The Bertz CT molecular complexity index is 318. The number of ketones is 1. The topological polar surface area (TPSA) is 43.4 Å². The number of carbonyl (C=O) groups is 2. The molecule has 1 aliphatic rings. The van der Waals surface area contributed by atoms with Gasteiger partial charge in [0.1, 0.15) is 5.78 Å². The van der Waals surface area contributed by atoms with Gasteiger partial charge in [-0.2, -0.15) is 0 Å². The Balaban J connectivity index is 2.47. The van der Waals surface area contributed by atoms with E-state index in [9.17, 15) is 9.59 Å². The van der Waals surface area contributed by atoms with E-state index < -0.39 is 0 Å². The molecule has 0 heterocycles. The Morgan fingerprint density at radius 3 is 2.83 bits per heavy atom. The standard InChI is InChI=1S/C15H24O3/c1-4-5-6-7-13-12(8-9-14(13)16)10-15(17)18-11(2)3/h4-5,11-13H,6-10H2,1-3H3. The lowest BCUT2D eigenvalue weighted by Crippen LogP contribution is -2.20. The fourth-order valence-corrected chi connectivity index (χ4v) is 2.59. The van der Waals surface area contributed by atoms with Crippen molar-refractivity contribution in [2.45, 2.75) is 59.0 Å². The Morgan fingerprint density at radius 2 is 2.22 bits per heavy atom. The minimum atomic E-state index is -0.166. The first-order valence-corrected chi connectivity index (χ1v) is 6.88. The molecule has 0 radical (unpaired) electrons. The molecule has 0 aromatic carbocycles. The van der Waals surface area contributed by atoms with Gasteiger partial charge in [0.05, 0.1) is 6.10 Å². The molecular formula is C15H24O3. The van der Waals surface area contributed by atoms with E-state index in [1.54, 1.807) is 0 Å². The molecule has 0 N–H and O–H groups in total. The van der Waals surface area contributed by atoms with E-state index in [-0.39, 0.29) is 23.9 Å². The maximum absolute atomic E-state index is 11.8. The molecule has 3 nitrogen and oxygen atoms in total. The van der Waals surface area contributed by atoms with Crippen LogP contribution in [-0.2, 0) is 14.3 Å². The van der Waals surface area contributed by atoms with Crippen molar-refractivity contribution in [2.75, 3.05) is 0 Å². The zero-order chi connectivity index (χ0) is 13.5. The molecule has 0 spiro atoms. The van der Waals surface area contributed by atoms with Gasteiger partial charge in [0.25, 0.3) is 0 Å². The Labute approximate surface area is 110 Å². The van der Waals surface area contributed by atoms with E-state index in [0.717, 1.165) is 19.3 Å². The summed E-state index contributed by atoms with van der Waals surface area (Å²) in [6.07, 6.45) is 7.65. The molecule has 2 unspecified atom stereocenters. The van der Waals surface area contributed by atoms with Crippen molar-refractivity contribution in [1.82, 2.24) is 0 Å². The van der Waals surface area contributed by atoms with Crippen molar-refractivity contribution in [3.05, 3.63) is 12.2 Å². The summed E-state index contributed by atoms with van der Waals surface area (Å²) >= 11 is 0. The summed E-state index contributed by atoms with van der Waals surface area (Å²) in [4.78, 5) is 23.5. The van der Waals surface area contributed by atoms with E-state index in [2.05, 4.69) is 6.08 Å². The van der Waals surface area contributed by atoms with Crippen molar-refractivity contribution < 1.29 is 14.3 Å². The van der Waals surface area contributed by atoms with Gasteiger partial charge in [-0.05, 0) is 46.0 Å². The van der Waals surface area contributed by atoms with Crippen LogP contribution in [0.15, 0.2) is 12.2 Å². The summed E-state index contributed by atoms with van der Waals surface area (Å²) in [6.45, 7) is 5.68. The monoisotopic (exact) mass is 252 g/mol. The largest absolute Gasteiger partial charge is 0.463 e. The lowest BCUT2D eigenvalue weighted by molar-refractivity contribution is -0.148. The molecule has 0 aliphatic heterocycles. The number of esters is 1. The van der Waals surface area contributed by atoms with E-state index >= 15 is 0 Å². The zero-order valence-electron chi connectivity index (χ0n) is 11.6. The van der Waals surface area contributed by atoms with Gasteiger partial charge >= 0.3 is 5.97 Å². The minimum absolute atomic E-state index is 0.0564. The van der Waals surface area contributed by atoms with Gasteiger partial charge in [-0.1, -0.05) is 12.2 Å². The summed E-state index contributed by atoms with van der Waals surface area (Å²) in [5.41, 5.74) is 0. The second-order valence-electron chi connectivity index (χ2n) is 5.26. The van der Waals surface area contributed by atoms with Crippen molar-refractivity contribution in [2.24, 2.45) is 11.8 Å². The lowest BCUT2D eigenvalue weighted by atomic mass is 9.88. The molecule has 0 aromatic rings. The molecule has 0 bridgehead atoms. The average Bonchev–Trinajstić information content (AvgIpc) is 2.60. The highest BCUT2D eigenvalue weighted by atomic mass is 16.5. The molecule has 1 rings (SSSR count). The van der Waals surface area contributed by atoms with E-state index in [1.165, 1.54) is 0 Å². The van der Waals surface area contributed by atoms with Crippen molar-refractivity contribution in [3.63, 3.8) is 0 Å². The second kappa shape index (κ2) is 7.34. The van der Waals surface area contributed by atoms with Gasteiger partial charge < -0.3 is 4.74 Å². The Morgan fingerprint density at radius 1 is 1.50 bits per heavy atom. The van der Waals surface area contributed by atoms with E-state index in [1.807, 2.05) is 26.8 Å². The van der Waals surface area contributed by atoms with Crippen LogP contribution in [0.2, 0.25) is 0 Å². The van der Waals surface area contributed by atoms with Gasteiger partial charge in [-0.3, -0.25) is 9.59 Å². The summed E-state index contributed by atoms with van der Waals surface area (Å²) in [5, 5.41) is 0. The first kappa shape index (κ1) is 14.9. The molecule has 0 saturated heterocycles. The highest BCUT2D eigenvalue weighted by Crippen LogP contribution is 2.34. The minimum Gasteiger partial charge on any atom is -0.463 e. The third-order valence-corrected chi connectivity index (χ3v) is 3.42. The fourth-order valence-electron chi connectivity index (χ4n) is 2.59. The number of rotatable bonds is 6. The van der Waals surface area contributed by atoms with Crippen molar-refractivity contribution in [3.8, 4) is 0 Å². The molecule has 18 heavy (non-hydrogen) atoms. The number of hydrogen-bond donors (Lipinski definition) is 0. The summed E-state index contributed by atoms with van der Waals surface area (Å²) in [5.74, 6) is 0.400. The Hall–Kier alpha value is -1.12. The SMILES string of the molecule is CC=CCCC1C(=O)CCC1CC(=O)OC(C)C. The van der Waals surface area contributed by atoms with Gasteiger partial charge in [0.2, 0.25) is 0 Å². The molecule has 0 aromatic heterocycles. The normalized spacial score (nSPS) is 24.1. The molecule has 1 aliphatic carbocycles. The van der Waals surface area contributed by atoms with Gasteiger partial charge in [-0.25, -0.2) is 0 Å². The molecule has 3 heteroatoms. The molecular weight excluding hydrogens is 228 g/mol. The number of hydrogen-bond acceptors (Lipinski definition) is 3. The third-order valence-electron chi connectivity index (χ3n) is 3.42. The molecule has 2 atom stereocenters. The molecule has 102 valence electrons. The highest BCUT2D eigenvalue weighted by molar-refractivity contribution is 5.84. The number of Topliss-reactive ketones (excluding diaryl/α,β-unsaturated/α-hetero) is 1. The highest BCUT2D eigenvalue weighted by Gasteiger charge is 2.35. The van der Waals surface area contributed by atoms with Crippen LogP contribution in [-0.4, -0.2) is 17.9 Å². The first-order valence-electron chi connectivity index (χ1n) is 6.88. The van der Waals surface area contributed by atoms with Crippen molar-refractivity contribution >= 4 is 11.8 Å². The van der Waals surface area contributed by atoms with Crippen LogP contribution in [0.25, 0.3) is 0 Å². The van der Waals surface area contributed by atoms with Crippen LogP contribution in [0.1, 0.15) is 52.9 Å². The summed E-state index contributed by atoms with van der Waals surface area (Å²) in [6, 6.07) is 0. The second-order valence-corrected chi connectivity index (χ2v) is 5.26. The predicted octanol–water partition coefficient (Wildman–Crippen LogP) is 3.28. The lowest BCUT2D eigenvalue weighted by Gasteiger charge is -2.17. The summed E-state index contributed by atoms with van der Waals surface area (Å²) < 4.78 is 5.16. The number of allylic oxidation sites excluding steroid dienone is 2. The smallest absolute Gasteiger partial charge is 0.306 e. The fraction of sp³-hybridized carbons (Fsp3) is 0.733. The zero-order valence-corrected chi connectivity index (χ0v) is 11.6. The van der Waals surface area contributed by atoms with Gasteiger partial charge in [0.15, 0.2) is 0 Å². The number of carbonyl (C=O) groups excluding carboxylic acids is 2.